The number of hydrogen-bond donors (Lipinski definition) is 2. The maximum atomic E-state index is 11.6. The Hall–Kier alpha value is -1.55. The van der Waals surface area contributed by atoms with Gasteiger partial charge in [0.2, 0.25) is 5.91 Å². The summed E-state index contributed by atoms with van der Waals surface area (Å²) in [6.07, 6.45) is 1.86. The fourth-order valence-corrected chi connectivity index (χ4v) is 2.89. The van der Waals surface area contributed by atoms with Crippen LogP contribution in [-0.4, -0.2) is 19.6 Å². The van der Waals surface area contributed by atoms with Gasteiger partial charge < -0.3 is 15.8 Å². The summed E-state index contributed by atoms with van der Waals surface area (Å²) in [5.41, 5.74) is 8.90. The molecule has 2 unspecified atom stereocenters. The Morgan fingerprint density at radius 2 is 2.11 bits per heavy atom. The quantitative estimate of drug-likeness (QED) is 0.873. The summed E-state index contributed by atoms with van der Waals surface area (Å²) < 4.78 is 5.33. The Bertz CT molecular complexity index is 485. The number of aryl methyl sites for hydroxylation is 2. The first-order valence-corrected chi connectivity index (χ1v) is 6.72. The zero-order chi connectivity index (χ0) is 14.0. The lowest BCUT2D eigenvalue weighted by Crippen LogP contribution is -2.41. The fourth-order valence-electron chi connectivity index (χ4n) is 2.89. The summed E-state index contributed by atoms with van der Waals surface area (Å²) in [4.78, 5) is 11.6. The molecule has 104 valence electrons. The van der Waals surface area contributed by atoms with Crippen LogP contribution in [0.5, 0.6) is 5.75 Å². The molecule has 1 aliphatic heterocycles. The Labute approximate surface area is 114 Å². The second-order valence-electron chi connectivity index (χ2n) is 5.26. The van der Waals surface area contributed by atoms with Crippen LogP contribution in [0.4, 0.5) is 0 Å². The summed E-state index contributed by atoms with van der Waals surface area (Å²) in [7, 11) is 1.67. The second kappa shape index (κ2) is 5.61. The lowest BCUT2D eigenvalue weighted by atomic mass is 9.83. The highest BCUT2D eigenvalue weighted by Crippen LogP contribution is 2.34. The number of piperidine rings is 1. The molecule has 2 rings (SSSR count). The molecule has 0 saturated carbocycles. The molecule has 1 fully saturated rings. The highest BCUT2D eigenvalue weighted by Gasteiger charge is 2.31. The van der Waals surface area contributed by atoms with Crippen LogP contribution in [0.1, 0.15) is 35.6 Å². The van der Waals surface area contributed by atoms with Crippen molar-refractivity contribution in [1.82, 2.24) is 5.32 Å². The molecule has 0 radical (unpaired) electrons. The number of ether oxygens (including phenoxy) is 1. The van der Waals surface area contributed by atoms with Crippen molar-refractivity contribution in [3.8, 4) is 5.75 Å². The van der Waals surface area contributed by atoms with E-state index in [9.17, 15) is 4.79 Å². The van der Waals surface area contributed by atoms with Crippen LogP contribution < -0.4 is 15.8 Å². The molecule has 3 N–H and O–H groups in total. The maximum Gasteiger partial charge on any atom is 0.222 e. The van der Waals surface area contributed by atoms with E-state index in [2.05, 4.69) is 11.4 Å². The minimum Gasteiger partial charge on any atom is -0.496 e. The van der Waals surface area contributed by atoms with Gasteiger partial charge in [0.05, 0.1) is 13.0 Å². The number of methoxy groups -OCH3 is 1. The molecule has 0 aliphatic carbocycles. The molecule has 1 saturated heterocycles. The van der Waals surface area contributed by atoms with E-state index in [1.165, 1.54) is 0 Å². The topological polar surface area (TPSA) is 64.3 Å². The maximum absolute atomic E-state index is 11.6. The van der Waals surface area contributed by atoms with Gasteiger partial charge >= 0.3 is 0 Å². The van der Waals surface area contributed by atoms with Crippen molar-refractivity contribution in [1.29, 1.82) is 0 Å². The summed E-state index contributed by atoms with van der Waals surface area (Å²) in [5, 5.41) is 3.43. The molecule has 4 heteroatoms. The largest absolute Gasteiger partial charge is 0.496 e. The highest BCUT2D eigenvalue weighted by molar-refractivity contribution is 5.78. The number of amides is 1. The Kier molecular flexibility index (Phi) is 4.10. The zero-order valence-electron chi connectivity index (χ0n) is 11.8. The van der Waals surface area contributed by atoms with E-state index < -0.39 is 0 Å². The number of carbonyl (C=O) groups is 1. The van der Waals surface area contributed by atoms with Crippen LogP contribution in [0.25, 0.3) is 0 Å². The van der Waals surface area contributed by atoms with Gasteiger partial charge in [0.25, 0.3) is 0 Å². The molecule has 1 amide bonds. The van der Waals surface area contributed by atoms with Gasteiger partial charge in [-0.1, -0.05) is 6.07 Å². The molecular weight excluding hydrogens is 240 g/mol. The third-order valence-corrected chi connectivity index (χ3v) is 3.94. The van der Waals surface area contributed by atoms with Gasteiger partial charge in [-0.3, -0.25) is 4.79 Å². The number of benzene rings is 1. The van der Waals surface area contributed by atoms with E-state index in [1.807, 2.05) is 19.9 Å². The monoisotopic (exact) mass is 262 g/mol. The first-order valence-electron chi connectivity index (χ1n) is 6.72. The van der Waals surface area contributed by atoms with Gasteiger partial charge in [0, 0.05) is 6.04 Å². The van der Waals surface area contributed by atoms with Crippen molar-refractivity contribution in [3.05, 3.63) is 28.8 Å². The van der Waals surface area contributed by atoms with E-state index in [1.54, 1.807) is 7.11 Å². The molecule has 1 aromatic rings. The normalized spacial score (nSPS) is 23.1. The second-order valence-corrected chi connectivity index (χ2v) is 5.26. The zero-order valence-corrected chi connectivity index (χ0v) is 11.8. The van der Waals surface area contributed by atoms with Crippen LogP contribution >= 0.6 is 0 Å². The number of hydrogen-bond acceptors (Lipinski definition) is 3. The first-order chi connectivity index (χ1) is 9.04. The van der Waals surface area contributed by atoms with Gasteiger partial charge in [-0.25, -0.2) is 0 Å². The molecule has 4 nitrogen and oxygen atoms in total. The number of nitrogens with one attached hydrogen (secondary N) is 1. The van der Waals surface area contributed by atoms with Crippen molar-refractivity contribution < 1.29 is 9.53 Å². The van der Waals surface area contributed by atoms with E-state index in [0.717, 1.165) is 41.8 Å². The molecule has 0 spiro atoms. The first kappa shape index (κ1) is 13.9. The van der Waals surface area contributed by atoms with Crippen LogP contribution in [0.2, 0.25) is 0 Å². The molecule has 2 atom stereocenters. The highest BCUT2D eigenvalue weighted by atomic mass is 16.5. The minimum absolute atomic E-state index is 0.0239. The molecule has 1 aromatic carbocycles. The van der Waals surface area contributed by atoms with E-state index >= 15 is 0 Å². The van der Waals surface area contributed by atoms with Crippen LogP contribution in [-0.2, 0) is 4.79 Å². The molecule has 0 bridgehead atoms. The van der Waals surface area contributed by atoms with Crippen molar-refractivity contribution in [3.63, 3.8) is 0 Å². The SMILES string of the molecule is COc1cc(C)c(C2NCCCC2C(N)=O)cc1C. The lowest BCUT2D eigenvalue weighted by molar-refractivity contribution is -0.123. The molecular formula is C15H22N2O2. The third kappa shape index (κ3) is 2.73. The number of primary amides is 1. The van der Waals surface area contributed by atoms with Gasteiger partial charge in [-0.15, -0.1) is 0 Å². The number of nitrogens with two attached hydrogens (primary N) is 1. The molecule has 1 heterocycles. The van der Waals surface area contributed by atoms with Crippen molar-refractivity contribution in [2.75, 3.05) is 13.7 Å². The van der Waals surface area contributed by atoms with Crippen LogP contribution in [0.15, 0.2) is 12.1 Å². The third-order valence-electron chi connectivity index (χ3n) is 3.94. The van der Waals surface area contributed by atoms with Gasteiger partial charge in [0.1, 0.15) is 5.75 Å². The Morgan fingerprint density at radius 3 is 2.74 bits per heavy atom. The van der Waals surface area contributed by atoms with Gasteiger partial charge in [0.15, 0.2) is 0 Å². The van der Waals surface area contributed by atoms with Gasteiger partial charge in [-0.05, 0) is 56.0 Å². The minimum atomic E-state index is -0.218. The Balaban J connectivity index is 2.39. The average molecular weight is 262 g/mol. The van der Waals surface area contributed by atoms with Crippen molar-refractivity contribution >= 4 is 5.91 Å². The molecule has 19 heavy (non-hydrogen) atoms. The predicted molar refractivity (Wildman–Crippen MR) is 75.1 cm³/mol. The Morgan fingerprint density at radius 1 is 1.37 bits per heavy atom. The van der Waals surface area contributed by atoms with Crippen molar-refractivity contribution in [2.24, 2.45) is 11.7 Å². The van der Waals surface area contributed by atoms with E-state index in [0.29, 0.717) is 0 Å². The van der Waals surface area contributed by atoms with Crippen LogP contribution in [0, 0.1) is 19.8 Å². The summed E-state index contributed by atoms with van der Waals surface area (Å²) in [6, 6.07) is 4.15. The van der Waals surface area contributed by atoms with Gasteiger partial charge in [-0.2, -0.15) is 0 Å². The standard InChI is InChI=1S/C15H22N2O2/c1-9-8-13(19-3)10(2)7-12(9)14-11(15(16)18)5-4-6-17-14/h7-8,11,14,17H,4-6H2,1-3H3,(H2,16,18). The lowest BCUT2D eigenvalue weighted by Gasteiger charge is -2.32. The summed E-state index contributed by atoms with van der Waals surface area (Å²) >= 11 is 0. The number of carbonyl (C=O) groups excluding carboxylic acids is 1. The smallest absolute Gasteiger partial charge is 0.222 e. The van der Waals surface area contributed by atoms with E-state index in [4.69, 9.17) is 10.5 Å². The fraction of sp³-hybridized carbons (Fsp3) is 0.533. The predicted octanol–water partition coefficient (Wildman–Crippen LogP) is 1.84. The number of rotatable bonds is 3. The van der Waals surface area contributed by atoms with Crippen LogP contribution in [0.3, 0.4) is 0 Å². The van der Waals surface area contributed by atoms with Crippen molar-refractivity contribution in [2.45, 2.75) is 32.7 Å². The van der Waals surface area contributed by atoms with E-state index in [-0.39, 0.29) is 17.9 Å². The summed E-state index contributed by atoms with van der Waals surface area (Å²) in [6.45, 7) is 4.99. The molecule has 0 aromatic heterocycles. The summed E-state index contributed by atoms with van der Waals surface area (Å²) in [5.74, 6) is 0.540. The molecule has 1 aliphatic rings. The average Bonchev–Trinajstić information content (AvgIpc) is 2.40.